The van der Waals surface area contributed by atoms with Crippen LogP contribution >= 0.6 is 0 Å². The highest BCUT2D eigenvalue weighted by Gasteiger charge is 2.14. The Morgan fingerprint density at radius 3 is 2.14 bits per heavy atom. The van der Waals surface area contributed by atoms with Crippen LogP contribution in [0, 0.1) is 0 Å². The Kier molecular flexibility index (Phi) is 6.77. The van der Waals surface area contributed by atoms with Crippen molar-refractivity contribution in [2.75, 3.05) is 11.8 Å². The minimum atomic E-state index is -3.68. The molecule has 152 valence electrons. The first-order valence-corrected chi connectivity index (χ1v) is 11.0. The van der Waals surface area contributed by atoms with E-state index < -0.39 is 10.0 Å². The van der Waals surface area contributed by atoms with Crippen LogP contribution in [0.1, 0.15) is 25.3 Å². The van der Waals surface area contributed by atoms with Gasteiger partial charge in [0, 0.05) is 5.69 Å². The van der Waals surface area contributed by atoms with E-state index in [9.17, 15) is 8.42 Å². The third-order valence-corrected chi connectivity index (χ3v) is 5.85. The largest absolute Gasteiger partial charge is 0.493 e. The maximum Gasteiger partial charge on any atom is 0.261 e. The average molecular weight is 412 g/mol. The number of unbranched alkanes of at least 4 members (excludes halogenated alkanes) is 1. The van der Waals surface area contributed by atoms with E-state index in [1.807, 2.05) is 24.3 Å². The summed E-state index contributed by atoms with van der Waals surface area (Å²) in [6.07, 6.45) is 3.25. The summed E-state index contributed by atoms with van der Waals surface area (Å²) in [4.78, 5) is 0.167. The Morgan fingerprint density at radius 2 is 1.52 bits per heavy atom. The number of rotatable bonds is 9. The number of hydrogen-bond donors (Lipinski definition) is 1. The molecule has 0 spiro atoms. The molecule has 3 aromatic rings. The van der Waals surface area contributed by atoms with Crippen LogP contribution in [0.3, 0.4) is 0 Å². The van der Waals surface area contributed by atoms with Crippen LogP contribution in [0.5, 0.6) is 17.2 Å². The molecule has 0 unspecified atom stereocenters. The summed E-state index contributed by atoms with van der Waals surface area (Å²) in [5.74, 6) is 1.69. The summed E-state index contributed by atoms with van der Waals surface area (Å²) < 4.78 is 39.0. The molecule has 0 fully saturated rings. The summed E-state index contributed by atoms with van der Waals surface area (Å²) in [7, 11) is -2.11. The van der Waals surface area contributed by atoms with Crippen molar-refractivity contribution in [3.63, 3.8) is 0 Å². The van der Waals surface area contributed by atoms with Crippen LogP contribution in [0.25, 0.3) is 0 Å². The molecule has 29 heavy (non-hydrogen) atoms. The van der Waals surface area contributed by atoms with E-state index in [-0.39, 0.29) is 4.90 Å². The third kappa shape index (κ3) is 5.51. The molecule has 0 aromatic heterocycles. The van der Waals surface area contributed by atoms with E-state index in [0.717, 1.165) is 19.3 Å². The minimum Gasteiger partial charge on any atom is -0.493 e. The molecule has 0 atom stereocenters. The molecule has 0 aliphatic carbocycles. The second-order valence-electron chi connectivity index (χ2n) is 6.63. The van der Waals surface area contributed by atoms with Gasteiger partial charge in [0.15, 0.2) is 11.5 Å². The Balaban J connectivity index is 1.69. The molecule has 0 saturated carbocycles. The molecular formula is C23H25NO4S. The Labute approximate surface area is 172 Å². The maximum absolute atomic E-state index is 12.7. The molecule has 3 aromatic carbocycles. The number of nitrogens with one attached hydrogen (secondary N) is 1. The predicted octanol–water partition coefficient (Wildman–Crippen LogP) is 5.63. The second kappa shape index (κ2) is 9.47. The van der Waals surface area contributed by atoms with Crippen molar-refractivity contribution in [2.24, 2.45) is 0 Å². The van der Waals surface area contributed by atoms with Gasteiger partial charge >= 0.3 is 0 Å². The van der Waals surface area contributed by atoms with Gasteiger partial charge in [0.2, 0.25) is 0 Å². The Bertz CT molecular complexity index is 1030. The smallest absolute Gasteiger partial charge is 0.261 e. The highest BCUT2D eigenvalue weighted by molar-refractivity contribution is 7.92. The topological polar surface area (TPSA) is 64.6 Å². The standard InChI is InChI=1S/C23H25NO4S/c1-3-4-7-18-10-12-19(13-11-18)24-29(25,26)21-16-14-20(15-17-21)28-23-9-6-5-8-22(23)27-2/h5-6,8-17,24H,3-4,7H2,1-2H3. The summed E-state index contributed by atoms with van der Waals surface area (Å²) in [6.45, 7) is 2.15. The first-order valence-electron chi connectivity index (χ1n) is 9.54. The number of anilines is 1. The summed E-state index contributed by atoms with van der Waals surface area (Å²) in [5.41, 5.74) is 1.74. The van der Waals surface area contributed by atoms with Crippen LogP contribution in [-0.4, -0.2) is 15.5 Å². The number of sulfonamides is 1. The molecule has 0 aliphatic rings. The summed E-state index contributed by atoms with van der Waals surface area (Å²) in [6, 6.07) is 21.0. The molecule has 3 rings (SSSR count). The molecule has 0 saturated heterocycles. The first-order chi connectivity index (χ1) is 14.0. The lowest BCUT2D eigenvalue weighted by Crippen LogP contribution is -2.12. The lowest BCUT2D eigenvalue weighted by molar-refractivity contribution is 0.379. The molecule has 0 amide bonds. The average Bonchev–Trinajstić information content (AvgIpc) is 2.74. The number of benzene rings is 3. The first kappa shape index (κ1) is 20.7. The fourth-order valence-corrected chi connectivity index (χ4v) is 3.91. The van der Waals surface area contributed by atoms with Gasteiger partial charge in [-0.05, 0) is 66.9 Å². The van der Waals surface area contributed by atoms with Crippen molar-refractivity contribution in [1.29, 1.82) is 0 Å². The molecule has 0 heterocycles. The number of hydrogen-bond acceptors (Lipinski definition) is 4. The van der Waals surface area contributed by atoms with Crippen molar-refractivity contribution in [3.8, 4) is 17.2 Å². The monoisotopic (exact) mass is 411 g/mol. The zero-order valence-corrected chi connectivity index (χ0v) is 17.4. The van der Waals surface area contributed by atoms with Gasteiger partial charge in [-0.25, -0.2) is 8.42 Å². The van der Waals surface area contributed by atoms with Crippen LogP contribution in [0.15, 0.2) is 77.7 Å². The molecule has 0 aliphatic heterocycles. The Hall–Kier alpha value is -2.99. The molecule has 1 N–H and O–H groups in total. The fourth-order valence-electron chi connectivity index (χ4n) is 2.85. The summed E-state index contributed by atoms with van der Waals surface area (Å²) in [5, 5.41) is 0. The minimum absolute atomic E-state index is 0.167. The van der Waals surface area contributed by atoms with Crippen LogP contribution in [0.2, 0.25) is 0 Å². The quantitative estimate of drug-likeness (QED) is 0.495. The van der Waals surface area contributed by atoms with Gasteiger partial charge in [0.1, 0.15) is 5.75 Å². The van der Waals surface area contributed by atoms with E-state index in [1.54, 1.807) is 43.5 Å². The zero-order chi connectivity index (χ0) is 20.7. The maximum atomic E-state index is 12.7. The lowest BCUT2D eigenvalue weighted by Gasteiger charge is -2.11. The van der Waals surface area contributed by atoms with Gasteiger partial charge in [-0.1, -0.05) is 37.6 Å². The van der Waals surface area contributed by atoms with E-state index in [1.165, 1.54) is 17.7 Å². The lowest BCUT2D eigenvalue weighted by atomic mass is 10.1. The van der Waals surface area contributed by atoms with Gasteiger partial charge in [-0.3, -0.25) is 4.72 Å². The number of aryl methyl sites for hydroxylation is 1. The molecule has 0 radical (unpaired) electrons. The van der Waals surface area contributed by atoms with Gasteiger partial charge < -0.3 is 9.47 Å². The van der Waals surface area contributed by atoms with Gasteiger partial charge in [0.05, 0.1) is 12.0 Å². The predicted molar refractivity (Wildman–Crippen MR) is 115 cm³/mol. The zero-order valence-electron chi connectivity index (χ0n) is 16.6. The summed E-state index contributed by atoms with van der Waals surface area (Å²) >= 11 is 0. The highest BCUT2D eigenvalue weighted by atomic mass is 32.2. The Morgan fingerprint density at radius 1 is 0.862 bits per heavy atom. The number of para-hydroxylation sites is 2. The molecule has 6 heteroatoms. The van der Waals surface area contributed by atoms with Gasteiger partial charge in [0.25, 0.3) is 10.0 Å². The molecule has 0 bridgehead atoms. The van der Waals surface area contributed by atoms with Crippen LogP contribution < -0.4 is 14.2 Å². The van der Waals surface area contributed by atoms with Gasteiger partial charge in [-0.2, -0.15) is 0 Å². The van der Waals surface area contributed by atoms with E-state index in [2.05, 4.69) is 11.6 Å². The van der Waals surface area contributed by atoms with Gasteiger partial charge in [-0.15, -0.1) is 0 Å². The molecule has 5 nitrogen and oxygen atoms in total. The molecular weight excluding hydrogens is 386 g/mol. The van der Waals surface area contributed by atoms with Crippen LogP contribution in [-0.2, 0) is 16.4 Å². The number of methoxy groups -OCH3 is 1. The van der Waals surface area contributed by atoms with Crippen molar-refractivity contribution < 1.29 is 17.9 Å². The normalized spacial score (nSPS) is 11.1. The van der Waals surface area contributed by atoms with Crippen molar-refractivity contribution >= 4 is 15.7 Å². The van der Waals surface area contributed by atoms with Crippen molar-refractivity contribution in [1.82, 2.24) is 0 Å². The van der Waals surface area contributed by atoms with Crippen molar-refractivity contribution in [2.45, 2.75) is 31.1 Å². The third-order valence-electron chi connectivity index (χ3n) is 4.46. The fraction of sp³-hybridized carbons (Fsp3) is 0.217. The van der Waals surface area contributed by atoms with E-state index in [4.69, 9.17) is 9.47 Å². The number of ether oxygens (including phenoxy) is 2. The van der Waals surface area contributed by atoms with E-state index in [0.29, 0.717) is 22.9 Å². The van der Waals surface area contributed by atoms with Crippen LogP contribution in [0.4, 0.5) is 5.69 Å². The van der Waals surface area contributed by atoms with E-state index >= 15 is 0 Å². The highest BCUT2D eigenvalue weighted by Crippen LogP contribution is 2.31. The van der Waals surface area contributed by atoms with Crippen molar-refractivity contribution in [3.05, 3.63) is 78.4 Å². The second-order valence-corrected chi connectivity index (χ2v) is 8.31. The SMILES string of the molecule is CCCCc1ccc(NS(=O)(=O)c2ccc(Oc3ccccc3OC)cc2)cc1.